The number of anilines is 1. The number of fused-ring (bicyclic) bond motifs is 1. The molecular weight excluding hydrogens is 252 g/mol. The van der Waals surface area contributed by atoms with E-state index >= 15 is 0 Å². The molecule has 0 fully saturated rings. The molecule has 2 aromatic rings. The van der Waals surface area contributed by atoms with Crippen molar-refractivity contribution in [1.82, 2.24) is 0 Å². The van der Waals surface area contributed by atoms with Crippen LogP contribution < -0.4 is 14.8 Å². The van der Waals surface area contributed by atoms with Gasteiger partial charge in [0, 0.05) is 12.2 Å². The molecule has 4 heteroatoms. The van der Waals surface area contributed by atoms with E-state index in [0.717, 1.165) is 28.3 Å². The van der Waals surface area contributed by atoms with Gasteiger partial charge in [0.2, 0.25) is 6.79 Å². The molecule has 0 radical (unpaired) electrons. The van der Waals surface area contributed by atoms with E-state index in [2.05, 4.69) is 11.4 Å². The van der Waals surface area contributed by atoms with Gasteiger partial charge in [-0.1, -0.05) is 6.07 Å². The minimum Gasteiger partial charge on any atom is -0.454 e. The van der Waals surface area contributed by atoms with Crippen LogP contribution in [0.5, 0.6) is 11.5 Å². The maximum Gasteiger partial charge on any atom is 0.231 e. The van der Waals surface area contributed by atoms with E-state index in [-0.39, 0.29) is 0 Å². The Morgan fingerprint density at radius 1 is 1.15 bits per heavy atom. The van der Waals surface area contributed by atoms with Gasteiger partial charge in [0.25, 0.3) is 0 Å². The Bertz CT molecular complexity index is 678. The Morgan fingerprint density at radius 3 is 2.80 bits per heavy atom. The van der Waals surface area contributed by atoms with Crippen LogP contribution in [0.1, 0.15) is 16.7 Å². The fourth-order valence-electron chi connectivity index (χ4n) is 2.15. The van der Waals surface area contributed by atoms with Crippen molar-refractivity contribution in [3.8, 4) is 17.6 Å². The lowest BCUT2D eigenvalue weighted by molar-refractivity contribution is 0.174. The lowest BCUT2D eigenvalue weighted by atomic mass is 10.1. The third kappa shape index (κ3) is 2.39. The lowest BCUT2D eigenvalue weighted by Gasteiger charge is -2.08. The van der Waals surface area contributed by atoms with E-state index in [4.69, 9.17) is 14.7 Å². The molecule has 2 aromatic carbocycles. The highest BCUT2D eigenvalue weighted by molar-refractivity contribution is 5.52. The summed E-state index contributed by atoms with van der Waals surface area (Å²) in [4.78, 5) is 0. The van der Waals surface area contributed by atoms with Gasteiger partial charge in [0.05, 0.1) is 11.6 Å². The van der Waals surface area contributed by atoms with Crippen molar-refractivity contribution in [2.24, 2.45) is 0 Å². The fraction of sp³-hybridized carbons (Fsp3) is 0.188. The van der Waals surface area contributed by atoms with Crippen molar-refractivity contribution in [2.75, 3.05) is 12.1 Å². The van der Waals surface area contributed by atoms with E-state index in [1.54, 1.807) is 0 Å². The predicted molar refractivity (Wildman–Crippen MR) is 75.8 cm³/mol. The highest BCUT2D eigenvalue weighted by Gasteiger charge is 2.12. The van der Waals surface area contributed by atoms with Gasteiger partial charge in [-0.15, -0.1) is 0 Å². The molecule has 1 heterocycles. The van der Waals surface area contributed by atoms with Gasteiger partial charge < -0.3 is 14.8 Å². The zero-order chi connectivity index (χ0) is 13.9. The number of nitrogens with zero attached hydrogens (tertiary/aromatic N) is 1. The summed E-state index contributed by atoms with van der Waals surface area (Å²) in [5.41, 5.74) is 3.80. The molecule has 0 unspecified atom stereocenters. The van der Waals surface area contributed by atoms with E-state index in [1.165, 1.54) is 0 Å². The number of hydrogen-bond donors (Lipinski definition) is 1. The second-order valence-electron chi connectivity index (χ2n) is 4.68. The van der Waals surface area contributed by atoms with Crippen LogP contribution in [0.25, 0.3) is 0 Å². The smallest absolute Gasteiger partial charge is 0.231 e. The van der Waals surface area contributed by atoms with Crippen molar-refractivity contribution in [3.63, 3.8) is 0 Å². The summed E-state index contributed by atoms with van der Waals surface area (Å²) in [5.74, 6) is 1.59. The Morgan fingerprint density at radius 2 is 2.00 bits per heavy atom. The van der Waals surface area contributed by atoms with Gasteiger partial charge in [-0.25, -0.2) is 0 Å². The average Bonchev–Trinajstić information content (AvgIpc) is 2.92. The molecule has 0 aliphatic carbocycles. The lowest BCUT2D eigenvalue weighted by Crippen LogP contribution is -2.00. The minimum absolute atomic E-state index is 0.293. The van der Waals surface area contributed by atoms with Crippen LogP contribution in [0.15, 0.2) is 36.4 Å². The average molecular weight is 266 g/mol. The molecule has 0 atom stereocenters. The zero-order valence-corrected chi connectivity index (χ0v) is 11.1. The molecule has 0 saturated heterocycles. The molecular formula is C16H14N2O2. The van der Waals surface area contributed by atoms with Gasteiger partial charge in [-0.3, -0.25) is 0 Å². The first-order chi connectivity index (χ1) is 9.76. The maximum atomic E-state index is 8.91. The highest BCUT2D eigenvalue weighted by atomic mass is 16.7. The monoisotopic (exact) mass is 266 g/mol. The molecule has 1 N–H and O–H groups in total. The second kappa shape index (κ2) is 5.14. The SMILES string of the molecule is Cc1cc(NCc2ccc3c(c2)OCO3)ccc1C#N. The van der Waals surface area contributed by atoms with Crippen molar-refractivity contribution in [3.05, 3.63) is 53.1 Å². The molecule has 0 bridgehead atoms. The quantitative estimate of drug-likeness (QED) is 0.926. The molecule has 20 heavy (non-hydrogen) atoms. The van der Waals surface area contributed by atoms with E-state index in [1.807, 2.05) is 43.3 Å². The van der Waals surface area contributed by atoms with Crippen LogP contribution in [0.3, 0.4) is 0 Å². The van der Waals surface area contributed by atoms with Crippen LogP contribution in [-0.2, 0) is 6.54 Å². The Kier molecular flexibility index (Phi) is 3.18. The summed E-state index contributed by atoms with van der Waals surface area (Å²) in [6, 6.07) is 13.8. The largest absolute Gasteiger partial charge is 0.454 e. The summed E-state index contributed by atoms with van der Waals surface area (Å²) in [7, 11) is 0. The van der Waals surface area contributed by atoms with Crippen LogP contribution >= 0.6 is 0 Å². The third-order valence-corrected chi connectivity index (χ3v) is 3.28. The van der Waals surface area contributed by atoms with E-state index < -0.39 is 0 Å². The standard InChI is InChI=1S/C16H14N2O2/c1-11-6-14(4-3-13(11)8-17)18-9-12-2-5-15-16(7-12)20-10-19-15/h2-7,18H,9-10H2,1H3. The third-order valence-electron chi connectivity index (χ3n) is 3.28. The summed E-state index contributed by atoms with van der Waals surface area (Å²) >= 11 is 0. The van der Waals surface area contributed by atoms with Crippen LogP contribution in [0.2, 0.25) is 0 Å². The Labute approximate surface area is 117 Å². The summed E-state index contributed by atoms with van der Waals surface area (Å²) in [6.07, 6.45) is 0. The first-order valence-electron chi connectivity index (χ1n) is 6.39. The van der Waals surface area contributed by atoms with Gasteiger partial charge in [-0.05, 0) is 48.4 Å². The number of nitriles is 1. The highest BCUT2D eigenvalue weighted by Crippen LogP contribution is 2.32. The molecule has 100 valence electrons. The molecule has 0 spiro atoms. The van der Waals surface area contributed by atoms with Crippen molar-refractivity contribution < 1.29 is 9.47 Å². The zero-order valence-electron chi connectivity index (χ0n) is 11.1. The Hall–Kier alpha value is -2.67. The normalized spacial score (nSPS) is 12.0. The molecule has 1 aliphatic heterocycles. The van der Waals surface area contributed by atoms with Gasteiger partial charge in [0.15, 0.2) is 11.5 Å². The number of nitrogens with one attached hydrogen (secondary N) is 1. The Balaban J connectivity index is 1.70. The number of ether oxygens (including phenoxy) is 2. The first kappa shape index (κ1) is 12.4. The maximum absolute atomic E-state index is 8.91. The number of hydrogen-bond acceptors (Lipinski definition) is 4. The summed E-state index contributed by atoms with van der Waals surface area (Å²) < 4.78 is 10.6. The molecule has 0 aromatic heterocycles. The van der Waals surface area contributed by atoms with Crippen LogP contribution in [-0.4, -0.2) is 6.79 Å². The fourth-order valence-corrected chi connectivity index (χ4v) is 2.15. The van der Waals surface area contributed by atoms with Gasteiger partial charge in [0.1, 0.15) is 0 Å². The van der Waals surface area contributed by atoms with Crippen molar-refractivity contribution >= 4 is 5.69 Å². The molecule has 4 nitrogen and oxygen atoms in total. The van der Waals surface area contributed by atoms with E-state index in [0.29, 0.717) is 18.9 Å². The van der Waals surface area contributed by atoms with Crippen LogP contribution in [0, 0.1) is 18.3 Å². The van der Waals surface area contributed by atoms with Crippen molar-refractivity contribution in [1.29, 1.82) is 5.26 Å². The summed E-state index contributed by atoms with van der Waals surface area (Å²) in [5, 5.41) is 12.2. The topological polar surface area (TPSA) is 54.3 Å². The number of aryl methyl sites for hydroxylation is 1. The molecule has 0 amide bonds. The minimum atomic E-state index is 0.293. The van der Waals surface area contributed by atoms with E-state index in [9.17, 15) is 0 Å². The second-order valence-corrected chi connectivity index (χ2v) is 4.68. The van der Waals surface area contributed by atoms with Crippen molar-refractivity contribution in [2.45, 2.75) is 13.5 Å². The van der Waals surface area contributed by atoms with Crippen LogP contribution in [0.4, 0.5) is 5.69 Å². The van der Waals surface area contributed by atoms with Gasteiger partial charge in [-0.2, -0.15) is 5.26 Å². The number of benzene rings is 2. The predicted octanol–water partition coefficient (Wildman–Crippen LogP) is 3.21. The first-order valence-corrected chi connectivity index (χ1v) is 6.39. The molecule has 0 saturated carbocycles. The van der Waals surface area contributed by atoms with Gasteiger partial charge >= 0.3 is 0 Å². The molecule has 3 rings (SSSR count). The number of rotatable bonds is 3. The summed E-state index contributed by atoms with van der Waals surface area (Å²) in [6.45, 7) is 2.92. The molecule has 1 aliphatic rings.